The Hall–Kier alpha value is -2.07. The molecule has 0 aliphatic heterocycles. The fraction of sp³-hybridized carbons (Fsp3) is 0.312. The highest BCUT2D eigenvalue weighted by Gasteiger charge is 2.18. The van der Waals surface area contributed by atoms with Gasteiger partial charge in [0, 0.05) is 6.20 Å². The molecule has 0 bridgehead atoms. The standard InChI is InChI=1S/C16H21N3O/c1-16(2,3)14-6-4-5-7-15(14)20-11-13-10-12(19-17)8-9-18-13/h4-10H,11,17H2,1-3H3,(H,18,19). The van der Waals surface area contributed by atoms with Crippen LogP contribution in [-0.4, -0.2) is 4.98 Å². The Balaban J connectivity index is 2.15. The van der Waals surface area contributed by atoms with Crippen molar-refractivity contribution in [1.82, 2.24) is 4.98 Å². The number of hydrazine groups is 1. The molecule has 0 saturated heterocycles. The highest BCUT2D eigenvalue weighted by Crippen LogP contribution is 2.31. The summed E-state index contributed by atoms with van der Waals surface area (Å²) in [4.78, 5) is 4.27. The molecule has 0 saturated carbocycles. The Bertz CT molecular complexity index is 576. The van der Waals surface area contributed by atoms with Crippen LogP contribution in [0.15, 0.2) is 42.6 Å². The summed E-state index contributed by atoms with van der Waals surface area (Å²) in [7, 11) is 0. The Morgan fingerprint density at radius 2 is 1.95 bits per heavy atom. The Morgan fingerprint density at radius 1 is 1.20 bits per heavy atom. The van der Waals surface area contributed by atoms with E-state index in [0.29, 0.717) is 6.61 Å². The van der Waals surface area contributed by atoms with Crippen molar-refractivity contribution in [2.75, 3.05) is 5.43 Å². The maximum absolute atomic E-state index is 5.92. The number of nitrogens with one attached hydrogen (secondary N) is 1. The first-order valence-corrected chi connectivity index (χ1v) is 6.64. The molecule has 0 radical (unpaired) electrons. The molecule has 3 N–H and O–H groups in total. The average molecular weight is 271 g/mol. The number of benzene rings is 1. The number of hydrogen-bond acceptors (Lipinski definition) is 4. The van der Waals surface area contributed by atoms with Crippen LogP contribution in [0.1, 0.15) is 32.0 Å². The van der Waals surface area contributed by atoms with Gasteiger partial charge in [0.15, 0.2) is 0 Å². The number of ether oxygens (including phenoxy) is 1. The average Bonchev–Trinajstić information content (AvgIpc) is 2.44. The van der Waals surface area contributed by atoms with E-state index in [1.807, 2.05) is 30.3 Å². The molecule has 0 fully saturated rings. The van der Waals surface area contributed by atoms with Crippen LogP contribution < -0.4 is 16.0 Å². The smallest absolute Gasteiger partial charge is 0.130 e. The summed E-state index contributed by atoms with van der Waals surface area (Å²) in [6.07, 6.45) is 1.71. The van der Waals surface area contributed by atoms with E-state index >= 15 is 0 Å². The molecule has 0 unspecified atom stereocenters. The summed E-state index contributed by atoms with van der Waals surface area (Å²) < 4.78 is 5.92. The highest BCUT2D eigenvalue weighted by molar-refractivity contribution is 5.42. The zero-order valence-electron chi connectivity index (χ0n) is 12.2. The molecule has 0 amide bonds. The van der Waals surface area contributed by atoms with E-state index < -0.39 is 0 Å². The molecule has 0 aliphatic rings. The van der Waals surface area contributed by atoms with Gasteiger partial charge in [-0.1, -0.05) is 39.0 Å². The van der Waals surface area contributed by atoms with Crippen molar-refractivity contribution in [1.29, 1.82) is 0 Å². The van der Waals surface area contributed by atoms with Crippen LogP contribution in [0, 0.1) is 0 Å². The lowest BCUT2D eigenvalue weighted by atomic mass is 9.86. The van der Waals surface area contributed by atoms with Crippen molar-refractivity contribution in [3.63, 3.8) is 0 Å². The number of para-hydroxylation sites is 1. The second-order valence-corrected chi connectivity index (χ2v) is 5.72. The molecule has 0 aliphatic carbocycles. The lowest BCUT2D eigenvalue weighted by molar-refractivity contribution is 0.293. The van der Waals surface area contributed by atoms with Gasteiger partial charge in [0.1, 0.15) is 12.4 Å². The number of nitrogens with zero attached hydrogens (tertiary/aromatic N) is 1. The van der Waals surface area contributed by atoms with Crippen molar-refractivity contribution in [3.05, 3.63) is 53.9 Å². The van der Waals surface area contributed by atoms with Gasteiger partial charge in [-0.2, -0.15) is 0 Å². The lowest BCUT2D eigenvalue weighted by Crippen LogP contribution is -2.13. The molecule has 1 heterocycles. The third-order valence-corrected chi connectivity index (χ3v) is 3.05. The number of anilines is 1. The first-order valence-electron chi connectivity index (χ1n) is 6.64. The molecule has 4 nitrogen and oxygen atoms in total. The molecule has 106 valence electrons. The molecular formula is C16H21N3O. The summed E-state index contributed by atoms with van der Waals surface area (Å²) in [5.41, 5.74) is 5.50. The van der Waals surface area contributed by atoms with Crippen LogP contribution >= 0.6 is 0 Å². The second kappa shape index (κ2) is 5.92. The maximum atomic E-state index is 5.92. The van der Waals surface area contributed by atoms with Crippen molar-refractivity contribution in [3.8, 4) is 5.75 Å². The molecule has 4 heteroatoms. The fourth-order valence-corrected chi connectivity index (χ4v) is 2.01. The highest BCUT2D eigenvalue weighted by atomic mass is 16.5. The first-order chi connectivity index (χ1) is 9.50. The molecule has 2 rings (SSSR count). The molecule has 1 aromatic carbocycles. The molecule has 2 aromatic rings. The maximum Gasteiger partial charge on any atom is 0.130 e. The number of nitrogens with two attached hydrogens (primary N) is 1. The van der Waals surface area contributed by atoms with Crippen molar-refractivity contribution in [2.45, 2.75) is 32.8 Å². The molecule has 0 atom stereocenters. The number of pyridine rings is 1. The van der Waals surface area contributed by atoms with Crippen molar-refractivity contribution in [2.24, 2.45) is 5.84 Å². The van der Waals surface area contributed by atoms with Crippen LogP contribution in [0.5, 0.6) is 5.75 Å². The summed E-state index contributed by atoms with van der Waals surface area (Å²) in [6, 6.07) is 11.8. The topological polar surface area (TPSA) is 60.2 Å². The van der Waals surface area contributed by atoms with Crippen LogP contribution in [-0.2, 0) is 12.0 Å². The van der Waals surface area contributed by atoms with E-state index in [9.17, 15) is 0 Å². The Kier molecular flexibility index (Phi) is 4.25. The summed E-state index contributed by atoms with van der Waals surface area (Å²) in [5, 5.41) is 0. The van der Waals surface area contributed by atoms with Gasteiger partial charge >= 0.3 is 0 Å². The fourth-order valence-electron chi connectivity index (χ4n) is 2.01. The quantitative estimate of drug-likeness (QED) is 0.662. The Morgan fingerprint density at radius 3 is 2.65 bits per heavy atom. The predicted octanol–water partition coefficient (Wildman–Crippen LogP) is 3.24. The van der Waals surface area contributed by atoms with Gasteiger partial charge in [-0.05, 0) is 29.2 Å². The first kappa shape index (κ1) is 14.3. The lowest BCUT2D eigenvalue weighted by Gasteiger charge is -2.22. The molecular weight excluding hydrogens is 250 g/mol. The zero-order chi connectivity index (χ0) is 14.6. The zero-order valence-corrected chi connectivity index (χ0v) is 12.2. The predicted molar refractivity (Wildman–Crippen MR) is 81.5 cm³/mol. The minimum Gasteiger partial charge on any atom is -0.487 e. The summed E-state index contributed by atoms with van der Waals surface area (Å²) in [5.74, 6) is 6.28. The van der Waals surface area contributed by atoms with Gasteiger partial charge in [0.2, 0.25) is 0 Å². The van der Waals surface area contributed by atoms with Gasteiger partial charge in [0.25, 0.3) is 0 Å². The van der Waals surface area contributed by atoms with Crippen LogP contribution in [0.4, 0.5) is 5.69 Å². The molecule has 1 aromatic heterocycles. The molecule has 0 spiro atoms. The number of hydrogen-bond donors (Lipinski definition) is 2. The van der Waals surface area contributed by atoms with E-state index in [1.54, 1.807) is 6.20 Å². The van der Waals surface area contributed by atoms with E-state index in [0.717, 1.165) is 17.1 Å². The van der Waals surface area contributed by atoms with Gasteiger partial charge < -0.3 is 10.2 Å². The van der Waals surface area contributed by atoms with E-state index in [4.69, 9.17) is 10.6 Å². The van der Waals surface area contributed by atoms with Gasteiger partial charge in [-0.3, -0.25) is 10.8 Å². The Labute approximate surface area is 120 Å². The van der Waals surface area contributed by atoms with E-state index in [2.05, 4.69) is 37.2 Å². The van der Waals surface area contributed by atoms with E-state index in [1.165, 1.54) is 5.56 Å². The van der Waals surface area contributed by atoms with Crippen LogP contribution in [0.3, 0.4) is 0 Å². The van der Waals surface area contributed by atoms with Crippen LogP contribution in [0.2, 0.25) is 0 Å². The minimum atomic E-state index is 0.0463. The third kappa shape index (κ3) is 3.48. The summed E-state index contributed by atoms with van der Waals surface area (Å²) >= 11 is 0. The van der Waals surface area contributed by atoms with Gasteiger partial charge in [0.05, 0.1) is 11.4 Å². The summed E-state index contributed by atoms with van der Waals surface area (Å²) in [6.45, 7) is 6.94. The second-order valence-electron chi connectivity index (χ2n) is 5.72. The van der Waals surface area contributed by atoms with Gasteiger partial charge in [-0.25, -0.2) is 0 Å². The number of rotatable bonds is 4. The molecule has 20 heavy (non-hydrogen) atoms. The van der Waals surface area contributed by atoms with Gasteiger partial charge in [-0.15, -0.1) is 0 Å². The van der Waals surface area contributed by atoms with Crippen molar-refractivity contribution < 1.29 is 4.74 Å². The largest absolute Gasteiger partial charge is 0.487 e. The van der Waals surface area contributed by atoms with Crippen LogP contribution in [0.25, 0.3) is 0 Å². The monoisotopic (exact) mass is 271 g/mol. The normalized spacial score (nSPS) is 11.2. The number of aromatic nitrogens is 1. The minimum absolute atomic E-state index is 0.0463. The SMILES string of the molecule is CC(C)(C)c1ccccc1OCc1cc(NN)ccn1. The van der Waals surface area contributed by atoms with E-state index in [-0.39, 0.29) is 5.41 Å². The van der Waals surface area contributed by atoms with Crippen molar-refractivity contribution >= 4 is 5.69 Å². The number of nitrogen functional groups attached to an aromatic ring is 1. The third-order valence-electron chi connectivity index (χ3n) is 3.05.